The largest absolute Gasteiger partial charge is 0.494 e. The van der Waals surface area contributed by atoms with Crippen LogP contribution in [-0.2, 0) is 13.1 Å². The molecule has 5 nitrogen and oxygen atoms in total. The fourth-order valence-electron chi connectivity index (χ4n) is 2.04. The molecule has 1 heterocycles. The Bertz CT molecular complexity index is 776. The molecule has 0 fully saturated rings. The number of aliphatic imine (C=N–C) groups is 1. The molecular formula is C15H17N3O2S. The molecule has 0 aliphatic carbocycles. The lowest BCUT2D eigenvalue weighted by Gasteiger charge is -2.13. The lowest BCUT2D eigenvalue weighted by Crippen LogP contribution is -2.27. The van der Waals surface area contributed by atoms with Gasteiger partial charge in [-0.1, -0.05) is 18.2 Å². The van der Waals surface area contributed by atoms with Crippen LogP contribution in [0.5, 0.6) is 5.88 Å². The number of para-hydroxylation sites is 1. The van der Waals surface area contributed by atoms with Crippen LogP contribution in [0.25, 0.3) is 0 Å². The molecule has 2 aromatic rings. The molecule has 6 heteroatoms. The van der Waals surface area contributed by atoms with Crippen LogP contribution in [0, 0.1) is 4.77 Å². The predicted octanol–water partition coefficient (Wildman–Crippen LogP) is 2.88. The molecule has 1 N–H and O–H groups in total. The van der Waals surface area contributed by atoms with Gasteiger partial charge in [-0.2, -0.15) is 0 Å². The first-order valence-electron chi connectivity index (χ1n) is 6.75. The Morgan fingerprint density at radius 3 is 2.38 bits per heavy atom. The van der Waals surface area contributed by atoms with Gasteiger partial charge in [0.05, 0.1) is 5.69 Å². The van der Waals surface area contributed by atoms with Crippen molar-refractivity contribution in [3.8, 4) is 5.88 Å². The Morgan fingerprint density at radius 2 is 1.81 bits per heavy atom. The summed E-state index contributed by atoms with van der Waals surface area (Å²) in [6, 6.07) is 9.24. The average molecular weight is 303 g/mol. The quantitative estimate of drug-likeness (QED) is 0.698. The Labute approximate surface area is 127 Å². The molecule has 0 radical (unpaired) electrons. The van der Waals surface area contributed by atoms with E-state index in [0.29, 0.717) is 23.5 Å². The van der Waals surface area contributed by atoms with E-state index in [1.165, 1.54) is 15.3 Å². The highest BCUT2D eigenvalue weighted by molar-refractivity contribution is 7.71. The summed E-state index contributed by atoms with van der Waals surface area (Å²) in [6.07, 6.45) is 1.39. The number of rotatable bonds is 4. The average Bonchev–Trinajstić information content (AvgIpc) is 2.49. The van der Waals surface area contributed by atoms with Crippen molar-refractivity contribution in [2.75, 3.05) is 0 Å². The Kier molecular flexibility index (Phi) is 4.70. The summed E-state index contributed by atoms with van der Waals surface area (Å²) in [7, 11) is 0. The van der Waals surface area contributed by atoms with Crippen molar-refractivity contribution in [2.45, 2.75) is 26.9 Å². The van der Waals surface area contributed by atoms with Crippen molar-refractivity contribution in [2.24, 2.45) is 4.99 Å². The molecule has 110 valence electrons. The van der Waals surface area contributed by atoms with Crippen molar-refractivity contribution in [1.82, 2.24) is 9.13 Å². The molecule has 1 aromatic heterocycles. The van der Waals surface area contributed by atoms with Gasteiger partial charge in [-0.25, -0.2) is 0 Å². The summed E-state index contributed by atoms with van der Waals surface area (Å²) in [6.45, 7) is 4.63. The summed E-state index contributed by atoms with van der Waals surface area (Å²) < 4.78 is 3.29. The molecule has 1 aromatic carbocycles. The van der Waals surface area contributed by atoms with E-state index in [2.05, 4.69) is 4.99 Å². The maximum absolute atomic E-state index is 12.4. The van der Waals surface area contributed by atoms with Gasteiger partial charge in [-0.15, -0.1) is 0 Å². The van der Waals surface area contributed by atoms with Gasteiger partial charge >= 0.3 is 0 Å². The Morgan fingerprint density at radius 1 is 1.19 bits per heavy atom. The second-order valence-corrected chi connectivity index (χ2v) is 4.77. The third-order valence-corrected chi connectivity index (χ3v) is 3.61. The summed E-state index contributed by atoms with van der Waals surface area (Å²) in [5.41, 5.74) is 0.533. The van der Waals surface area contributed by atoms with Crippen LogP contribution in [0.15, 0.2) is 40.1 Å². The van der Waals surface area contributed by atoms with E-state index in [9.17, 15) is 9.90 Å². The Hall–Kier alpha value is -2.21. The predicted molar refractivity (Wildman–Crippen MR) is 86.2 cm³/mol. The minimum Gasteiger partial charge on any atom is -0.494 e. The second kappa shape index (κ2) is 6.49. The number of hydrogen-bond acceptors (Lipinski definition) is 4. The summed E-state index contributed by atoms with van der Waals surface area (Å²) in [5, 5.41) is 10.2. The first kappa shape index (κ1) is 15.2. The van der Waals surface area contributed by atoms with E-state index < -0.39 is 0 Å². The van der Waals surface area contributed by atoms with Gasteiger partial charge in [0.1, 0.15) is 5.56 Å². The molecule has 0 aliphatic rings. The topological polar surface area (TPSA) is 59.5 Å². The zero-order chi connectivity index (χ0) is 15.4. The molecule has 21 heavy (non-hydrogen) atoms. The maximum Gasteiger partial charge on any atom is 0.267 e. The minimum atomic E-state index is -0.329. The van der Waals surface area contributed by atoms with Crippen LogP contribution in [0.3, 0.4) is 0 Å². The number of aromatic hydroxyl groups is 1. The monoisotopic (exact) mass is 303 g/mol. The van der Waals surface area contributed by atoms with Gasteiger partial charge in [0, 0.05) is 19.3 Å². The van der Waals surface area contributed by atoms with Crippen molar-refractivity contribution < 1.29 is 5.11 Å². The highest BCUT2D eigenvalue weighted by Crippen LogP contribution is 2.15. The number of aromatic nitrogens is 2. The maximum atomic E-state index is 12.4. The van der Waals surface area contributed by atoms with E-state index in [0.717, 1.165) is 0 Å². The molecular weight excluding hydrogens is 286 g/mol. The van der Waals surface area contributed by atoms with Crippen molar-refractivity contribution in [1.29, 1.82) is 0 Å². The molecule has 0 saturated carbocycles. The van der Waals surface area contributed by atoms with Gasteiger partial charge in [-0.3, -0.25) is 18.9 Å². The van der Waals surface area contributed by atoms with Gasteiger partial charge in [-0.05, 0) is 38.2 Å². The fourth-order valence-corrected chi connectivity index (χ4v) is 2.47. The van der Waals surface area contributed by atoms with Crippen LogP contribution >= 0.6 is 12.2 Å². The lowest BCUT2D eigenvalue weighted by molar-refractivity contribution is 0.399. The van der Waals surface area contributed by atoms with Crippen molar-refractivity contribution in [3.05, 3.63) is 51.0 Å². The first-order valence-corrected chi connectivity index (χ1v) is 7.16. The number of hydrogen-bond donors (Lipinski definition) is 1. The highest BCUT2D eigenvalue weighted by Gasteiger charge is 2.13. The zero-order valence-corrected chi connectivity index (χ0v) is 12.8. The lowest BCUT2D eigenvalue weighted by atomic mass is 10.3. The molecule has 0 atom stereocenters. The Balaban J connectivity index is 2.61. The van der Waals surface area contributed by atoms with Gasteiger partial charge in [0.15, 0.2) is 4.77 Å². The first-order chi connectivity index (χ1) is 10.1. The van der Waals surface area contributed by atoms with Gasteiger partial charge < -0.3 is 5.11 Å². The van der Waals surface area contributed by atoms with Crippen LogP contribution < -0.4 is 5.56 Å². The molecule has 0 unspecified atom stereocenters. The molecule has 0 bridgehead atoms. The third-order valence-electron chi connectivity index (χ3n) is 3.17. The normalized spacial score (nSPS) is 11.1. The van der Waals surface area contributed by atoms with E-state index in [1.807, 2.05) is 44.2 Å². The van der Waals surface area contributed by atoms with E-state index >= 15 is 0 Å². The number of nitrogens with zero attached hydrogens (tertiary/aromatic N) is 3. The third kappa shape index (κ3) is 2.95. The number of benzene rings is 1. The standard InChI is InChI=1S/C15H17N3O2S/c1-3-17-13(19)12(14(20)18(4-2)15(17)21)10-16-11-8-6-5-7-9-11/h5-10,19H,3-4H2,1-2H3. The summed E-state index contributed by atoms with van der Waals surface area (Å²) in [4.78, 5) is 16.6. The summed E-state index contributed by atoms with van der Waals surface area (Å²) >= 11 is 5.22. The molecule has 0 aliphatic heterocycles. The SMILES string of the molecule is CCn1c(O)c(C=Nc2ccccc2)c(=O)n(CC)c1=S. The molecule has 0 amide bonds. The van der Waals surface area contributed by atoms with E-state index in [-0.39, 0.29) is 17.0 Å². The van der Waals surface area contributed by atoms with Gasteiger partial charge in [0.25, 0.3) is 5.56 Å². The minimum absolute atomic E-state index is 0.142. The van der Waals surface area contributed by atoms with Gasteiger partial charge in [0.2, 0.25) is 5.88 Å². The fraction of sp³-hybridized carbons (Fsp3) is 0.267. The van der Waals surface area contributed by atoms with Crippen molar-refractivity contribution in [3.63, 3.8) is 0 Å². The van der Waals surface area contributed by atoms with Crippen LogP contribution in [0.1, 0.15) is 19.4 Å². The van der Waals surface area contributed by atoms with Crippen LogP contribution in [0.4, 0.5) is 5.69 Å². The molecule has 0 saturated heterocycles. The zero-order valence-electron chi connectivity index (χ0n) is 12.0. The summed E-state index contributed by atoms with van der Waals surface area (Å²) in [5.74, 6) is -0.142. The molecule has 2 rings (SSSR count). The molecule has 0 spiro atoms. The van der Waals surface area contributed by atoms with Crippen molar-refractivity contribution >= 4 is 24.1 Å². The highest BCUT2D eigenvalue weighted by atomic mass is 32.1. The van der Waals surface area contributed by atoms with E-state index in [1.54, 1.807) is 0 Å². The van der Waals surface area contributed by atoms with Crippen LogP contribution in [0.2, 0.25) is 0 Å². The second-order valence-electron chi connectivity index (χ2n) is 4.41. The smallest absolute Gasteiger partial charge is 0.267 e. The van der Waals surface area contributed by atoms with E-state index in [4.69, 9.17) is 12.2 Å². The van der Waals surface area contributed by atoms with Crippen LogP contribution in [-0.4, -0.2) is 20.5 Å².